The Morgan fingerprint density at radius 3 is 1.40 bits per heavy atom. The van der Waals surface area contributed by atoms with E-state index < -0.39 is 0 Å². The van der Waals surface area contributed by atoms with Gasteiger partial charge in [-0.3, -0.25) is 0 Å². The summed E-state index contributed by atoms with van der Waals surface area (Å²) < 4.78 is 0. The molecule has 0 rings (SSSR count). The van der Waals surface area contributed by atoms with Gasteiger partial charge in [-0.15, -0.1) is 34.0 Å². The fourth-order valence-corrected chi connectivity index (χ4v) is 0. The Labute approximate surface area is 62.8 Å². The second-order valence-electron chi connectivity index (χ2n) is 0.316. The van der Waals surface area contributed by atoms with Crippen LogP contribution in [0, 0.1) is 0 Å². The Bertz CT molecular complexity index is 7.61. The zero-order valence-electron chi connectivity index (χ0n) is 2.97. The minimum atomic E-state index is 0. The molecule has 0 atom stereocenters. The van der Waals surface area contributed by atoms with Crippen LogP contribution >= 0.6 is 34.0 Å². The molecule has 0 aromatic rings. The van der Waals surface area contributed by atoms with E-state index in [0.29, 0.717) is 0 Å². The first-order valence-corrected chi connectivity index (χ1v) is 2.35. The Morgan fingerprint density at radius 2 is 1.40 bits per heavy atom. The van der Waals surface area contributed by atoms with Gasteiger partial charge in [-0.2, -0.15) is 0 Å². The van der Waals surface area contributed by atoms with Crippen molar-refractivity contribution < 1.29 is 0 Å². The van der Waals surface area contributed by atoms with Crippen molar-refractivity contribution in [2.75, 3.05) is 0 Å². The Hall–Kier alpha value is 1.52. The van der Waals surface area contributed by atoms with Crippen LogP contribution in [0.1, 0.15) is 6.92 Å². The molecular formula is C2H7AsBr2. The van der Waals surface area contributed by atoms with Crippen molar-refractivity contribution >= 4 is 50.8 Å². The van der Waals surface area contributed by atoms with Crippen LogP contribution in [-0.4, -0.2) is 16.9 Å². The second-order valence-corrected chi connectivity index (χ2v) is 1.64. The number of hydrogen-bond acceptors (Lipinski definition) is 0. The molecule has 0 aromatic carbocycles. The van der Waals surface area contributed by atoms with E-state index in [2.05, 4.69) is 23.8 Å². The fraction of sp³-hybridized carbons (Fsp3) is 1.00. The first kappa shape index (κ1) is 16.0. The van der Waals surface area contributed by atoms with Crippen LogP contribution in [-0.2, 0) is 0 Å². The summed E-state index contributed by atoms with van der Waals surface area (Å²) in [6.45, 7) is 2.10. The Morgan fingerprint density at radius 1 is 1.40 bits per heavy atom. The molecule has 0 fully saturated rings. The molecule has 0 nitrogen and oxygen atoms in total. The van der Waals surface area contributed by atoms with Gasteiger partial charge in [0, 0.05) is 0 Å². The van der Waals surface area contributed by atoms with Crippen molar-refractivity contribution in [3.63, 3.8) is 0 Å². The van der Waals surface area contributed by atoms with Gasteiger partial charge in [-0.1, -0.05) is 0 Å². The monoisotopic (exact) mass is 264 g/mol. The zero-order chi connectivity index (χ0) is 2.71. The average molecular weight is 266 g/mol. The van der Waals surface area contributed by atoms with Crippen molar-refractivity contribution in [2.24, 2.45) is 0 Å². The molecule has 0 aliphatic rings. The molecule has 0 unspecified atom stereocenters. The fourth-order valence-electron chi connectivity index (χ4n) is 0. The second kappa shape index (κ2) is 17.8. The molecule has 5 heavy (non-hydrogen) atoms. The van der Waals surface area contributed by atoms with Crippen molar-refractivity contribution in [3.05, 3.63) is 0 Å². The van der Waals surface area contributed by atoms with Gasteiger partial charge >= 0.3 is 29.0 Å². The third-order valence-corrected chi connectivity index (χ3v) is 0. The molecule has 0 heterocycles. The topological polar surface area (TPSA) is 0 Å². The van der Waals surface area contributed by atoms with Crippen molar-refractivity contribution in [1.82, 2.24) is 0 Å². The van der Waals surface area contributed by atoms with E-state index in [1.54, 1.807) is 0 Å². The molecule has 0 aliphatic heterocycles. The molecular weight excluding hydrogens is 259 g/mol. The van der Waals surface area contributed by atoms with Gasteiger partial charge in [-0.25, -0.2) is 0 Å². The first-order chi connectivity index (χ1) is 1.41. The van der Waals surface area contributed by atoms with E-state index in [0.717, 1.165) is 0 Å². The summed E-state index contributed by atoms with van der Waals surface area (Å²) in [6, 6.07) is 0. The van der Waals surface area contributed by atoms with Crippen LogP contribution in [0.4, 0.5) is 0 Å². The van der Waals surface area contributed by atoms with Gasteiger partial charge in [0.05, 0.1) is 0 Å². The molecule has 0 bridgehead atoms. The van der Waals surface area contributed by atoms with Gasteiger partial charge in [0.15, 0.2) is 0 Å². The predicted octanol–water partition coefficient (Wildman–Crippen LogP) is 1.75. The van der Waals surface area contributed by atoms with Gasteiger partial charge in [0.25, 0.3) is 0 Å². The Balaban J connectivity index is -0.0000000200. The number of rotatable bonds is 0. The maximum atomic E-state index is 2.47. The summed E-state index contributed by atoms with van der Waals surface area (Å²) >= 11 is 2.47. The summed E-state index contributed by atoms with van der Waals surface area (Å²) in [6.07, 6.45) is 0. The van der Waals surface area contributed by atoms with E-state index in [4.69, 9.17) is 0 Å². The zero-order valence-corrected chi connectivity index (χ0v) is 8.27. The molecule has 0 N–H and O–H groups in total. The quantitative estimate of drug-likeness (QED) is 0.586. The minimum absolute atomic E-state index is 0. The van der Waals surface area contributed by atoms with Gasteiger partial charge < -0.3 is 0 Å². The molecule has 2 radical (unpaired) electrons. The molecule has 0 saturated carbocycles. The van der Waals surface area contributed by atoms with E-state index in [9.17, 15) is 0 Å². The van der Waals surface area contributed by atoms with Crippen molar-refractivity contribution in [2.45, 2.75) is 12.1 Å². The van der Waals surface area contributed by atoms with Crippen LogP contribution in [0.25, 0.3) is 0 Å². The molecule has 0 aliphatic carbocycles. The van der Waals surface area contributed by atoms with E-state index in [-0.39, 0.29) is 34.0 Å². The van der Waals surface area contributed by atoms with E-state index in [1.165, 1.54) is 5.21 Å². The van der Waals surface area contributed by atoms with Crippen LogP contribution in [0.3, 0.4) is 0 Å². The standard InChI is InChI=1S/C2H5As.2BrH/c1-2-3;;/h2H2,1H3;2*1H. The molecule has 0 amide bonds. The third kappa shape index (κ3) is 29.6. The summed E-state index contributed by atoms with van der Waals surface area (Å²) in [5, 5.41) is 1.19. The summed E-state index contributed by atoms with van der Waals surface area (Å²) in [5.74, 6) is 0. The van der Waals surface area contributed by atoms with E-state index in [1.807, 2.05) is 0 Å². The SMILES string of the molecule is Br.Br.CC[As]. The van der Waals surface area contributed by atoms with Crippen LogP contribution in [0.15, 0.2) is 0 Å². The van der Waals surface area contributed by atoms with Crippen LogP contribution in [0.2, 0.25) is 5.21 Å². The van der Waals surface area contributed by atoms with Crippen LogP contribution in [0.5, 0.6) is 0 Å². The maximum absolute atomic E-state index is 2.47. The molecule has 0 aromatic heterocycles. The van der Waals surface area contributed by atoms with Gasteiger partial charge in [0.2, 0.25) is 0 Å². The molecule has 0 spiro atoms. The molecule has 34 valence electrons. The third-order valence-electron chi connectivity index (χ3n) is 0. The summed E-state index contributed by atoms with van der Waals surface area (Å²) in [4.78, 5) is 0. The van der Waals surface area contributed by atoms with E-state index >= 15 is 0 Å². The Kier molecular flexibility index (Phi) is 57.0. The predicted molar refractivity (Wildman–Crippen MR) is 36.9 cm³/mol. The summed E-state index contributed by atoms with van der Waals surface area (Å²) in [7, 11) is 0. The van der Waals surface area contributed by atoms with Gasteiger partial charge in [0.1, 0.15) is 0 Å². The van der Waals surface area contributed by atoms with Crippen molar-refractivity contribution in [1.29, 1.82) is 0 Å². The van der Waals surface area contributed by atoms with Crippen LogP contribution < -0.4 is 0 Å². The molecule has 0 saturated heterocycles. The average Bonchev–Trinajstić information content (AvgIpc) is 0.918. The van der Waals surface area contributed by atoms with Gasteiger partial charge in [-0.05, 0) is 0 Å². The number of halogens is 2. The first-order valence-electron chi connectivity index (χ1n) is 1.02. The summed E-state index contributed by atoms with van der Waals surface area (Å²) in [5.41, 5.74) is 0. The van der Waals surface area contributed by atoms with Crippen molar-refractivity contribution in [3.8, 4) is 0 Å². The number of hydrogen-bond donors (Lipinski definition) is 0. The molecule has 3 heteroatoms. The normalized spacial score (nSPS) is 3.60.